The van der Waals surface area contributed by atoms with Crippen LogP contribution in [0.15, 0.2) is 0 Å². The lowest BCUT2D eigenvalue weighted by molar-refractivity contribution is -0.137. The number of carboxylic acids is 1. The zero-order valence-corrected chi connectivity index (χ0v) is 13.2. The molecule has 0 unspecified atom stereocenters. The number of rotatable bonds is 10. The molecule has 2 amide bonds. The summed E-state index contributed by atoms with van der Waals surface area (Å²) in [5.74, 6) is -0.886. The fourth-order valence-electron chi connectivity index (χ4n) is 1.98. The molecular formula is C14H29N3O3. The fraction of sp³-hybridized carbons (Fsp3) is 0.857. The average molecular weight is 287 g/mol. The van der Waals surface area contributed by atoms with Crippen LogP contribution in [0.1, 0.15) is 40.5 Å². The van der Waals surface area contributed by atoms with Crippen molar-refractivity contribution in [3.63, 3.8) is 0 Å². The van der Waals surface area contributed by atoms with E-state index in [0.29, 0.717) is 6.54 Å². The number of aliphatic carboxylic acids is 1. The molecule has 0 heterocycles. The van der Waals surface area contributed by atoms with Crippen LogP contribution in [0.5, 0.6) is 0 Å². The predicted octanol–water partition coefficient (Wildman–Crippen LogP) is 1.61. The Morgan fingerprint density at radius 3 is 2.25 bits per heavy atom. The number of urea groups is 1. The minimum Gasteiger partial charge on any atom is -0.481 e. The van der Waals surface area contributed by atoms with Crippen molar-refractivity contribution in [1.29, 1.82) is 0 Å². The Balaban J connectivity index is 4.15. The second-order valence-electron chi connectivity index (χ2n) is 5.10. The van der Waals surface area contributed by atoms with Crippen molar-refractivity contribution in [1.82, 2.24) is 15.1 Å². The highest BCUT2D eigenvalue weighted by molar-refractivity contribution is 5.75. The molecule has 6 heteroatoms. The molecule has 2 N–H and O–H groups in total. The van der Waals surface area contributed by atoms with Crippen molar-refractivity contribution in [2.24, 2.45) is 0 Å². The third kappa shape index (κ3) is 7.99. The van der Waals surface area contributed by atoms with E-state index in [9.17, 15) is 9.59 Å². The maximum atomic E-state index is 12.0. The Labute approximate surface area is 122 Å². The third-order valence-electron chi connectivity index (χ3n) is 3.14. The first-order valence-electron chi connectivity index (χ1n) is 7.40. The molecule has 0 aromatic heterocycles. The molecule has 0 saturated heterocycles. The Kier molecular flexibility index (Phi) is 9.80. The number of amides is 2. The lowest BCUT2D eigenvalue weighted by atomic mass is 10.3. The van der Waals surface area contributed by atoms with Crippen molar-refractivity contribution in [2.45, 2.75) is 46.6 Å². The fourth-order valence-corrected chi connectivity index (χ4v) is 1.98. The van der Waals surface area contributed by atoms with E-state index in [1.54, 1.807) is 4.90 Å². The molecule has 0 aliphatic heterocycles. The molecular weight excluding hydrogens is 258 g/mol. The summed E-state index contributed by atoms with van der Waals surface area (Å²) in [4.78, 5) is 26.5. The Hall–Kier alpha value is -1.30. The average Bonchev–Trinajstić information content (AvgIpc) is 2.37. The quantitative estimate of drug-likeness (QED) is 0.640. The standard InChI is InChI=1S/C14H29N3O3/c1-5-9-16(6-2)11-8-15-14(20)17(12(3)4)10-7-13(18)19/h12H,5-11H2,1-4H3,(H,15,20)(H,18,19). The van der Waals surface area contributed by atoms with E-state index in [1.165, 1.54) is 0 Å². The highest BCUT2D eigenvalue weighted by atomic mass is 16.4. The minimum absolute atomic E-state index is 0.00716. The van der Waals surface area contributed by atoms with Crippen molar-refractivity contribution >= 4 is 12.0 Å². The van der Waals surface area contributed by atoms with Gasteiger partial charge in [-0.1, -0.05) is 13.8 Å². The van der Waals surface area contributed by atoms with E-state index < -0.39 is 5.97 Å². The smallest absolute Gasteiger partial charge is 0.317 e. The lowest BCUT2D eigenvalue weighted by Gasteiger charge is -2.27. The van der Waals surface area contributed by atoms with E-state index in [4.69, 9.17) is 5.11 Å². The van der Waals surface area contributed by atoms with Gasteiger partial charge in [0.25, 0.3) is 0 Å². The molecule has 0 fully saturated rings. The monoisotopic (exact) mass is 287 g/mol. The van der Waals surface area contributed by atoms with Crippen LogP contribution in [0, 0.1) is 0 Å². The van der Waals surface area contributed by atoms with Gasteiger partial charge in [-0.3, -0.25) is 4.79 Å². The highest BCUT2D eigenvalue weighted by Gasteiger charge is 2.17. The van der Waals surface area contributed by atoms with Crippen LogP contribution < -0.4 is 5.32 Å². The van der Waals surface area contributed by atoms with Crippen LogP contribution in [0.25, 0.3) is 0 Å². The van der Waals surface area contributed by atoms with Gasteiger partial charge in [0.15, 0.2) is 0 Å². The first kappa shape index (κ1) is 18.7. The summed E-state index contributed by atoms with van der Waals surface area (Å²) in [6, 6.07) is -0.193. The minimum atomic E-state index is -0.886. The molecule has 0 atom stereocenters. The summed E-state index contributed by atoms with van der Waals surface area (Å²) >= 11 is 0. The van der Waals surface area contributed by atoms with Gasteiger partial charge < -0.3 is 20.2 Å². The van der Waals surface area contributed by atoms with Gasteiger partial charge in [-0.05, 0) is 33.4 Å². The molecule has 0 aliphatic carbocycles. The van der Waals surface area contributed by atoms with Crippen molar-refractivity contribution in [3.05, 3.63) is 0 Å². The van der Waals surface area contributed by atoms with Crippen LogP contribution in [-0.4, -0.2) is 65.7 Å². The van der Waals surface area contributed by atoms with Crippen LogP contribution in [-0.2, 0) is 4.79 Å². The number of likely N-dealkylation sites (N-methyl/N-ethyl adjacent to an activating group) is 1. The van der Waals surface area contributed by atoms with Crippen LogP contribution in [0.4, 0.5) is 4.79 Å². The zero-order chi connectivity index (χ0) is 15.5. The molecule has 0 saturated carbocycles. The molecule has 0 rings (SSSR count). The van der Waals surface area contributed by atoms with E-state index in [1.807, 2.05) is 13.8 Å². The SMILES string of the molecule is CCCN(CC)CCNC(=O)N(CCC(=O)O)C(C)C. The van der Waals surface area contributed by atoms with Gasteiger partial charge >= 0.3 is 12.0 Å². The largest absolute Gasteiger partial charge is 0.481 e. The number of nitrogens with zero attached hydrogens (tertiary/aromatic N) is 2. The van der Waals surface area contributed by atoms with Crippen molar-refractivity contribution in [3.8, 4) is 0 Å². The van der Waals surface area contributed by atoms with Crippen LogP contribution >= 0.6 is 0 Å². The summed E-state index contributed by atoms with van der Waals surface area (Å²) in [6.45, 7) is 11.7. The van der Waals surface area contributed by atoms with Gasteiger partial charge in [0.2, 0.25) is 0 Å². The van der Waals surface area contributed by atoms with Crippen LogP contribution in [0.2, 0.25) is 0 Å². The lowest BCUT2D eigenvalue weighted by Crippen LogP contribution is -2.46. The molecule has 118 valence electrons. The van der Waals surface area contributed by atoms with Crippen LogP contribution in [0.3, 0.4) is 0 Å². The van der Waals surface area contributed by atoms with Crippen molar-refractivity contribution < 1.29 is 14.7 Å². The third-order valence-corrected chi connectivity index (χ3v) is 3.14. The molecule has 0 bridgehead atoms. The van der Waals surface area contributed by atoms with Gasteiger partial charge in [-0.25, -0.2) is 4.79 Å². The number of nitrogens with one attached hydrogen (secondary N) is 1. The van der Waals surface area contributed by atoms with Gasteiger partial charge in [0, 0.05) is 25.7 Å². The summed E-state index contributed by atoms with van der Waals surface area (Å²) in [5, 5.41) is 11.6. The molecule has 0 radical (unpaired) electrons. The maximum Gasteiger partial charge on any atom is 0.317 e. The van der Waals surface area contributed by atoms with Crippen molar-refractivity contribution in [2.75, 3.05) is 32.7 Å². The zero-order valence-electron chi connectivity index (χ0n) is 13.2. The summed E-state index contributed by atoms with van der Waals surface area (Å²) in [6.07, 6.45) is 1.07. The molecule has 0 aromatic carbocycles. The number of carbonyl (C=O) groups is 2. The number of hydrogen-bond acceptors (Lipinski definition) is 3. The second-order valence-corrected chi connectivity index (χ2v) is 5.10. The maximum absolute atomic E-state index is 12.0. The molecule has 20 heavy (non-hydrogen) atoms. The Bertz CT molecular complexity index is 295. The van der Waals surface area contributed by atoms with E-state index in [0.717, 1.165) is 26.1 Å². The Morgan fingerprint density at radius 1 is 1.15 bits per heavy atom. The highest BCUT2D eigenvalue weighted by Crippen LogP contribution is 2.00. The number of carbonyl (C=O) groups excluding carboxylic acids is 1. The van der Waals surface area contributed by atoms with E-state index in [-0.39, 0.29) is 25.0 Å². The van der Waals surface area contributed by atoms with Gasteiger partial charge in [0.1, 0.15) is 0 Å². The van der Waals surface area contributed by atoms with E-state index in [2.05, 4.69) is 24.1 Å². The Morgan fingerprint density at radius 2 is 1.80 bits per heavy atom. The van der Waals surface area contributed by atoms with Gasteiger partial charge in [-0.2, -0.15) is 0 Å². The van der Waals surface area contributed by atoms with Gasteiger partial charge in [0.05, 0.1) is 6.42 Å². The number of carboxylic acid groups (broad SMARTS) is 1. The first-order valence-corrected chi connectivity index (χ1v) is 7.40. The normalized spacial score (nSPS) is 10.9. The molecule has 0 spiro atoms. The molecule has 0 aliphatic rings. The topological polar surface area (TPSA) is 72.9 Å². The second kappa shape index (κ2) is 10.5. The first-order chi connectivity index (χ1) is 9.42. The molecule has 0 aromatic rings. The number of hydrogen-bond donors (Lipinski definition) is 2. The van der Waals surface area contributed by atoms with E-state index >= 15 is 0 Å². The summed E-state index contributed by atoms with van der Waals surface area (Å²) < 4.78 is 0. The summed E-state index contributed by atoms with van der Waals surface area (Å²) in [7, 11) is 0. The van der Waals surface area contributed by atoms with Gasteiger partial charge in [-0.15, -0.1) is 0 Å². The molecule has 6 nitrogen and oxygen atoms in total. The summed E-state index contributed by atoms with van der Waals surface area (Å²) in [5.41, 5.74) is 0. The predicted molar refractivity (Wildman–Crippen MR) is 79.9 cm³/mol.